The molecule has 0 aliphatic heterocycles. The lowest BCUT2D eigenvalue weighted by atomic mass is 10.3. The van der Waals surface area contributed by atoms with E-state index in [0.29, 0.717) is 40.7 Å². The van der Waals surface area contributed by atoms with Gasteiger partial charge >= 0.3 is 0 Å². The fraction of sp³-hybridized carbons (Fsp3) is 0.429. The predicted molar refractivity (Wildman–Crippen MR) is 113 cm³/mol. The molecule has 0 saturated heterocycles. The zero-order chi connectivity index (χ0) is 20.2. The van der Waals surface area contributed by atoms with E-state index < -0.39 is 9.07 Å². The Morgan fingerprint density at radius 1 is 1.11 bits per heavy atom. The third-order valence-corrected chi connectivity index (χ3v) is 10.2. The number of H-pyrrole nitrogens is 1. The van der Waals surface area contributed by atoms with Crippen molar-refractivity contribution in [1.29, 1.82) is 0 Å². The summed E-state index contributed by atoms with van der Waals surface area (Å²) in [5.74, 6) is 1.56. The van der Waals surface area contributed by atoms with Gasteiger partial charge in [-0.05, 0) is 34.2 Å². The van der Waals surface area contributed by atoms with E-state index in [-0.39, 0.29) is 0 Å². The molecule has 28 heavy (non-hydrogen) atoms. The van der Waals surface area contributed by atoms with E-state index >= 15 is 0 Å². The topological polar surface area (TPSA) is 77.1 Å². The van der Waals surface area contributed by atoms with Crippen LogP contribution in [-0.2, 0) is 13.8 Å². The lowest BCUT2D eigenvalue weighted by Gasteiger charge is -2.38. The van der Waals surface area contributed by atoms with Crippen LogP contribution in [0.25, 0.3) is 11.0 Å². The Hall–Kier alpha value is -2.25. The van der Waals surface area contributed by atoms with Gasteiger partial charge in [0.05, 0.1) is 17.6 Å². The molecule has 1 N–H and O–H groups in total. The third kappa shape index (κ3) is 3.33. The van der Waals surface area contributed by atoms with E-state index in [1.54, 1.807) is 13.3 Å². The fourth-order valence-electron chi connectivity index (χ4n) is 3.52. The molecule has 0 amide bonds. The van der Waals surface area contributed by atoms with Crippen LogP contribution in [0.1, 0.15) is 25.8 Å². The molecule has 7 heteroatoms. The maximum absolute atomic E-state index is 14.8. The molecule has 0 radical (unpaired) electrons. The summed E-state index contributed by atoms with van der Waals surface area (Å²) in [6.45, 7) is 6.99. The van der Waals surface area contributed by atoms with Gasteiger partial charge in [0.1, 0.15) is 10.8 Å². The minimum Gasteiger partial charge on any atom is -0.493 e. The van der Waals surface area contributed by atoms with Crippen LogP contribution < -0.4 is 4.74 Å². The molecule has 0 fully saturated rings. The van der Waals surface area contributed by atoms with Crippen LogP contribution in [0.2, 0.25) is 0 Å². The molecule has 0 aliphatic rings. The van der Waals surface area contributed by atoms with Crippen LogP contribution in [0.4, 0.5) is 0 Å². The number of pyridine rings is 1. The summed E-state index contributed by atoms with van der Waals surface area (Å²) in [5, 5.41) is 1.08. The summed E-state index contributed by atoms with van der Waals surface area (Å²) in [6.07, 6.45) is 2.47. The number of nitrogens with one attached hydrogen (secondary N) is 1. The highest BCUT2D eigenvalue weighted by molar-refractivity contribution is 8.19. The molecule has 0 aliphatic carbocycles. The van der Waals surface area contributed by atoms with Crippen molar-refractivity contribution >= 4 is 20.1 Å². The molecule has 2 heterocycles. The summed E-state index contributed by atoms with van der Waals surface area (Å²) >= 11 is 0. The van der Waals surface area contributed by atoms with Gasteiger partial charge in [-0.25, -0.2) is 9.97 Å². The Labute approximate surface area is 166 Å². The summed E-state index contributed by atoms with van der Waals surface area (Å²) in [6, 6.07) is 9.57. The smallest absolute Gasteiger partial charge is 0.181 e. The second-order valence-corrected chi connectivity index (χ2v) is 11.4. The second kappa shape index (κ2) is 8.01. The molecule has 6 nitrogen and oxygen atoms in total. The van der Waals surface area contributed by atoms with Crippen LogP contribution in [0.15, 0.2) is 46.7 Å². The molecule has 1 aromatic carbocycles. The summed E-state index contributed by atoms with van der Waals surface area (Å²) in [5.41, 5.74) is 2.49. The summed E-state index contributed by atoms with van der Waals surface area (Å²) in [4.78, 5) is 12.6. The number of hydrogen-bond donors (Lipinski definition) is 1. The number of para-hydroxylation sites is 2. The molecular weight excluding hydrogens is 374 g/mol. The second-order valence-electron chi connectivity index (χ2n) is 6.86. The molecule has 3 rings (SSSR count). The van der Waals surface area contributed by atoms with E-state index in [1.165, 1.54) is 0 Å². The average molecular weight is 404 g/mol. The standard InChI is InChI=1S/C21H29N3O3S/c1-5-28(25,6-2,21-23-17-10-7-8-11-18(17)24-21)20-16(3)19(12-13-22-20)27-15-9-14-26-4/h7-8,10-13H,5-6,9,14-15H2,1-4H3,(H,23,24). The number of benzene rings is 1. The lowest BCUT2D eigenvalue weighted by molar-refractivity contribution is 0.171. The summed E-state index contributed by atoms with van der Waals surface area (Å²) in [7, 11) is -1.86. The predicted octanol–water partition coefficient (Wildman–Crippen LogP) is 3.96. The van der Waals surface area contributed by atoms with E-state index in [0.717, 1.165) is 23.0 Å². The number of methoxy groups -OCH3 is 1. The minimum atomic E-state index is -3.53. The molecule has 2 aromatic heterocycles. The van der Waals surface area contributed by atoms with Gasteiger partial charge in [0.15, 0.2) is 5.16 Å². The number of nitrogens with zero attached hydrogens (tertiary/aromatic N) is 2. The highest BCUT2D eigenvalue weighted by Crippen LogP contribution is 2.44. The van der Waals surface area contributed by atoms with Gasteiger partial charge < -0.3 is 14.5 Å². The average Bonchev–Trinajstić information content (AvgIpc) is 3.17. The molecule has 0 spiro atoms. The van der Waals surface area contributed by atoms with Crippen molar-refractivity contribution in [2.75, 3.05) is 31.8 Å². The number of fused-ring (bicyclic) bond motifs is 1. The van der Waals surface area contributed by atoms with Gasteiger partial charge in [0.2, 0.25) is 0 Å². The van der Waals surface area contributed by atoms with Crippen LogP contribution >= 0.6 is 0 Å². The molecule has 0 saturated carbocycles. The highest BCUT2D eigenvalue weighted by atomic mass is 32.3. The number of imidazole rings is 1. The van der Waals surface area contributed by atoms with Gasteiger partial charge in [-0.15, -0.1) is 0 Å². The van der Waals surface area contributed by atoms with Crippen molar-refractivity contribution in [3.05, 3.63) is 42.1 Å². The first-order valence-electron chi connectivity index (χ1n) is 9.63. The Balaban J connectivity index is 2.12. The Kier molecular flexibility index (Phi) is 5.86. The Morgan fingerprint density at radius 3 is 2.54 bits per heavy atom. The molecule has 0 unspecified atom stereocenters. The van der Waals surface area contributed by atoms with Crippen LogP contribution in [0.3, 0.4) is 0 Å². The zero-order valence-corrected chi connectivity index (χ0v) is 17.8. The first-order chi connectivity index (χ1) is 13.5. The Morgan fingerprint density at radius 2 is 1.86 bits per heavy atom. The van der Waals surface area contributed by atoms with Crippen LogP contribution in [0, 0.1) is 6.92 Å². The van der Waals surface area contributed by atoms with Crippen LogP contribution in [0.5, 0.6) is 5.75 Å². The maximum Gasteiger partial charge on any atom is 0.181 e. The molecule has 0 bridgehead atoms. The first kappa shape index (κ1) is 20.5. The fourth-order valence-corrected chi connectivity index (χ4v) is 6.98. The van der Waals surface area contributed by atoms with Gasteiger partial charge in [-0.3, -0.25) is 4.21 Å². The van der Waals surface area contributed by atoms with Crippen molar-refractivity contribution in [2.24, 2.45) is 0 Å². The van der Waals surface area contributed by atoms with Crippen molar-refractivity contribution in [3.8, 4) is 5.75 Å². The third-order valence-electron chi connectivity index (χ3n) is 5.35. The molecule has 3 aromatic rings. The quantitative estimate of drug-likeness (QED) is 0.547. The number of ether oxygens (including phenoxy) is 2. The monoisotopic (exact) mass is 403 g/mol. The van der Waals surface area contributed by atoms with E-state index in [4.69, 9.17) is 14.5 Å². The normalized spacial score (nSPS) is 13.4. The van der Waals surface area contributed by atoms with Crippen molar-refractivity contribution in [3.63, 3.8) is 0 Å². The van der Waals surface area contributed by atoms with E-state index in [2.05, 4.69) is 9.97 Å². The highest BCUT2D eigenvalue weighted by Gasteiger charge is 2.44. The first-order valence-corrected chi connectivity index (χ1v) is 11.9. The van der Waals surface area contributed by atoms with Crippen molar-refractivity contribution in [1.82, 2.24) is 15.0 Å². The maximum atomic E-state index is 14.8. The number of aromatic amines is 1. The number of aromatic nitrogens is 3. The van der Waals surface area contributed by atoms with Gasteiger partial charge in [0, 0.05) is 43.4 Å². The molecular formula is C21H29N3O3S. The largest absolute Gasteiger partial charge is 0.493 e. The number of hydrogen-bond acceptors (Lipinski definition) is 5. The zero-order valence-electron chi connectivity index (χ0n) is 17.0. The molecule has 0 atom stereocenters. The van der Waals surface area contributed by atoms with Gasteiger partial charge in [0.25, 0.3) is 0 Å². The minimum absolute atomic E-state index is 0.425. The van der Waals surface area contributed by atoms with Crippen LogP contribution in [-0.4, -0.2) is 51.0 Å². The number of rotatable bonds is 9. The summed E-state index contributed by atoms with van der Waals surface area (Å²) < 4.78 is 25.8. The van der Waals surface area contributed by atoms with Crippen molar-refractivity contribution in [2.45, 2.75) is 37.4 Å². The van der Waals surface area contributed by atoms with Crippen molar-refractivity contribution < 1.29 is 13.7 Å². The van der Waals surface area contributed by atoms with E-state index in [1.807, 2.05) is 51.1 Å². The Bertz CT molecular complexity index is 988. The SMILES string of the molecule is CCS(=O)(CC)(c1nc2ccccc2[nH]1)c1nccc(OCCCOC)c1C. The van der Waals surface area contributed by atoms with Gasteiger partial charge in [-0.1, -0.05) is 26.0 Å². The van der Waals surface area contributed by atoms with E-state index in [9.17, 15) is 4.21 Å². The molecule has 152 valence electrons. The lowest BCUT2D eigenvalue weighted by Crippen LogP contribution is -2.41. The van der Waals surface area contributed by atoms with Gasteiger partial charge in [-0.2, -0.15) is 0 Å².